The predicted molar refractivity (Wildman–Crippen MR) is 87.1 cm³/mol. The Hall–Kier alpha value is -0.870. The number of fused-ring (bicyclic) bond motifs is 1. The van der Waals surface area contributed by atoms with E-state index in [1.807, 2.05) is 12.1 Å². The molecule has 0 N–H and O–H groups in total. The van der Waals surface area contributed by atoms with Crippen LogP contribution in [0.1, 0.15) is 22.4 Å². The summed E-state index contributed by atoms with van der Waals surface area (Å²) in [6.07, 6.45) is 0.750. The molecule has 0 bridgehead atoms. The summed E-state index contributed by atoms with van der Waals surface area (Å²) in [5.41, 5.74) is 2.45. The molecule has 106 valence electrons. The number of aryl methyl sites for hydroxylation is 1. The van der Waals surface area contributed by atoms with Crippen molar-refractivity contribution < 1.29 is 8.42 Å². The lowest BCUT2D eigenvalue weighted by Crippen LogP contribution is -2.10. The highest BCUT2D eigenvalue weighted by molar-refractivity contribution is 9.09. The summed E-state index contributed by atoms with van der Waals surface area (Å²) < 4.78 is 23.3. The average Bonchev–Trinajstić information content (AvgIpc) is 2.79. The topological polar surface area (TPSA) is 34.1 Å². The summed E-state index contributed by atoms with van der Waals surface area (Å²) in [5.74, 6) is 0.792. The Labute approximate surface area is 128 Å². The highest BCUT2D eigenvalue weighted by Gasteiger charge is 2.33. The van der Waals surface area contributed by atoms with Gasteiger partial charge in [0.25, 0.3) is 0 Å². The molecule has 2 nitrogen and oxygen atoms in total. The molecular formula is C16H17BrO2S. The Bertz CT molecular complexity index is 752. The van der Waals surface area contributed by atoms with Crippen LogP contribution in [0.15, 0.2) is 36.4 Å². The van der Waals surface area contributed by atoms with Crippen LogP contribution in [0.5, 0.6) is 0 Å². The first-order valence-electron chi connectivity index (χ1n) is 6.81. The van der Waals surface area contributed by atoms with E-state index in [0.717, 1.165) is 6.42 Å². The lowest BCUT2D eigenvalue weighted by Gasteiger charge is -2.19. The first kappa shape index (κ1) is 14.1. The molecule has 2 unspecified atom stereocenters. The van der Waals surface area contributed by atoms with Crippen LogP contribution in [0.3, 0.4) is 0 Å². The van der Waals surface area contributed by atoms with Crippen LogP contribution < -0.4 is 0 Å². The molecule has 1 aliphatic heterocycles. The molecule has 1 fully saturated rings. The van der Waals surface area contributed by atoms with E-state index in [-0.39, 0.29) is 10.7 Å². The molecule has 4 heteroatoms. The minimum atomic E-state index is -2.84. The molecule has 0 amide bonds. The van der Waals surface area contributed by atoms with E-state index >= 15 is 0 Å². The van der Waals surface area contributed by atoms with E-state index < -0.39 is 9.84 Å². The maximum atomic E-state index is 11.7. The number of sulfone groups is 1. The SMILES string of the molecule is Cc1ccc(C(Br)C2CCS(=O)(=O)C2)c2ccccc12. The van der Waals surface area contributed by atoms with E-state index in [2.05, 4.69) is 47.1 Å². The second-order valence-corrected chi connectivity index (χ2v) is 8.80. The third kappa shape index (κ3) is 2.51. The zero-order valence-electron chi connectivity index (χ0n) is 11.3. The van der Waals surface area contributed by atoms with Gasteiger partial charge in [-0.25, -0.2) is 8.42 Å². The van der Waals surface area contributed by atoms with Gasteiger partial charge in [0.2, 0.25) is 0 Å². The number of hydrogen-bond donors (Lipinski definition) is 0. The van der Waals surface area contributed by atoms with Gasteiger partial charge < -0.3 is 0 Å². The summed E-state index contributed by atoms with van der Waals surface area (Å²) in [6.45, 7) is 2.11. The third-order valence-electron chi connectivity index (χ3n) is 4.15. The second kappa shape index (κ2) is 5.15. The first-order chi connectivity index (χ1) is 9.48. The van der Waals surface area contributed by atoms with Gasteiger partial charge in [0, 0.05) is 4.83 Å². The minimum Gasteiger partial charge on any atom is -0.229 e. The Kier molecular flexibility index (Phi) is 3.63. The maximum Gasteiger partial charge on any atom is 0.150 e. The fourth-order valence-electron chi connectivity index (χ4n) is 3.02. The first-order valence-corrected chi connectivity index (χ1v) is 9.54. The number of hydrogen-bond acceptors (Lipinski definition) is 2. The number of halogens is 1. The Balaban J connectivity index is 2.04. The van der Waals surface area contributed by atoms with Crippen molar-refractivity contribution >= 4 is 36.5 Å². The van der Waals surface area contributed by atoms with Gasteiger partial charge in [-0.1, -0.05) is 52.3 Å². The highest BCUT2D eigenvalue weighted by atomic mass is 79.9. The van der Waals surface area contributed by atoms with E-state index in [1.54, 1.807) is 0 Å². The van der Waals surface area contributed by atoms with Gasteiger partial charge in [-0.2, -0.15) is 0 Å². The molecule has 1 aliphatic rings. The van der Waals surface area contributed by atoms with Crippen molar-refractivity contribution in [1.82, 2.24) is 0 Å². The smallest absolute Gasteiger partial charge is 0.150 e. The minimum absolute atomic E-state index is 0.102. The normalized spacial score (nSPS) is 23.0. The molecule has 0 aliphatic carbocycles. The molecular weight excluding hydrogens is 336 g/mol. The molecule has 2 aromatic rings. The van der Waals surface area contributed by atoms with Gasteiger partial charge in [0.15, 0.2) is 9.84 Å². The fraction of sp³-hybridized carbons (Fsp3) is 0.375. The van der Waals surface area contributed by atoms with Crippen molar-refractivity contribution in [3.05, 3.63) is 47.5 Å². The van der Waals surface area contributed by atoms with Crippen molar-refractivity contribution in [2.45, 2.75) is 18.2 Å². The quantitative estimate of drug-likeness (QED) is 0.765. The summed E-state index contributed by atoms with van der Waals surface area (Å²) in [6, 6.07) is 12.6. The molecule has 0 spiro atoms. The Morgan fingerprint density at radius 1 is 1.15 bits per heavy atom. The number of rotatable bonds is 2. The van der Waals surface area contributed by atoms with E-state index in [4.69, 9.17) is 0 Å². The van der Waals surface area contributed by atoms with Crippen LogP contribution in [0, 0.1) is 12.8 Å². The Morgan fingerprint density at radius 2 is 1.85 bits per heavy atom. The molecule has 0 saturated carbocycles. The average molecular weight is 353 g/mol. The fourth-order valence-corrected chi connectivity index (χ4v) is 5.96. The van der Waals surface area contributed by atoms with Gasteiger partial charge in [-0.05, 0) is 41.2 Å². The molecule has 1 saturated heterocycles. The third-order valence-corrected chi connectivity index (χ3v) is 7.19. The second-order valence-electron chi connectivity index (χ2n) is 5.58. The van der Waals surface area contributed by atoms with E-state index in [1.165, 1.54) is 21.9 Å². The molecule has 0 aromatic heterocycles. The molecule has 20 heavy (non-hydrogen) atoms. The number of benzene rings is 2. The summed E-state index contributed by atoms with van der Waals surface area (Å²) in [7, 11) is -2.84. The van der Waals surface area contributed by atoms with Crippen molar-refractivity contribution in [1.29, 1.82) is 0 Å². The standard InChI is InChI=1S/C16H17BrO2S/c1-11-6-7-15(14-5-3-2-4-13(11)14)16(17)12-8-9-20(18,19)10-12/h2-7,12,16H,8-10H2,1H3. The molecule has 2 aromatic carbocycles. The van der Waals surface area contributed by atoms with Crippen molar-refractivity contribution in [2.24, 2.45) is 5.92 Å². The lowest BCUT2D eigenvalue weighted by molar-refractivity contribution is 0.581. The highest BCUT2D eigenvalue weighted by Crippen LogP contribution is 2.41. The summed E-state index contributed by atoms with van der Waals surface area (Å²) in [4.78, 5) is 0.102. The largest absolute Gasteiger partial charge is 0.229 e. The monoisotopic (exact) mass is 352 g/mol. The predicted octanol–water partition coefficient (Wildman–Crippen LogP) is 4.02. The van der Waals surface area contributed by atoms with E-state index in [0.29, 0.717) is 11.5 Å². The molecule has 3 rings (SSSR count). The van der Waals surface area contributed by atoms with Gasteiger partial charge in [-0.3, -0.25) is 0 Å². The van der Waals surface area contributed by atoms with Gasteiger partial charge in [0.05, 0.1) is 11.5 Å². The van der Waals surface area contributed by atoms with Crippen LogP contribution in [0.4, 0.5) is 0 Å². The summed E-state index contributed by atoms with van der Waals surface area (Å²) >= 11 is 3.75. The van der Waals surface area contributed by atoms with Gasteiger partial charge in [-0.15, -0.1) is 0 Å². The Morgan fingerprint density at radius 3 is 2.50 bits per heavy atom. The van der Waals surface area contributed by atoms with E-state index in [9.17, 15) is 8.42 Å². The van der Waals surface area contributed by atoms with Gasteiger partial charge in [0.1, 0.15) is 0 Å². The lowest BCUT2D eigenvalue weighted by atomic mass is 9.92. The van der Waals surface area contributed by atoms with Crippen LogP contribution >= 0.6 is 15.9 Å². The zero-order chi connectivity index (χ0) is 14.3. The van der Waals surface area contributed by atoms with Gasteiger partial charge >= 0.3 is 0 Å². The van der Waals surface area contributed by atoms with Crippen molar-refractivity contribution in [3.63, 3.8) is 0 Å². The molecule has 2 atom stereocenters. The van der Waals surface area contributed by atoms with Crippen LogP contribution in [-0.2, 0) is 9.84 Å². The van der Waals surface area contributed by atoms with Crippen LogP contribution in [0.25, 0.3) is 10.8 Å². The van der Waals surface area contributed by atoms with Crippen LogP contribution in [-0.4, -0.2) is 19.9 Å². The maximum absolute atomic E-state index is 11.7. The molecule has 0 radical (unpaired) electrons. The van der Waals surface area contributed by atoms with Crippen LogP contribution in [0.2, 0.25) is 0 Å². The van der Waals surface area contributed by atoms with Crippen molar-refractivity contribution in [2.75, 3.05) is 11.5 Å². The zero-order valence-corrected chi connectivity index (χ0v) is 13.7. The summed E-state index contributed by atoms with van der Waals surface area (Å²) in [5, 5.41) is 2.47. The number of alkyl halides is 1. The molecule has 1 heterocycles. The van der Waals surface area contributed by atoms with Crippen molar-refractivity contribution in [3.8, 4) is 0 Å².